The number of furan rings is 1. The van der Waals surface area contributed by atoms with Gasteiger partial charge in [-0.3, -0.25) is 4.90 Å². The molecule has 35 heavy (non-hydrogen) atoms. The van der Waals surface area contributed by atoms with Crippen molar-refractivity contribution in [3.8, 4) is 5.75 Å². The molecule has 2 heterocycles. The van der Waals surface area contributed by atoms with Crippen molar-refractivity contribution in [3.05, 3.63) is 47.7 Å². The minimum atomic E-state index is -1.36. The van der Waals surface area contributed by atoms with Crippen LogP contribution in [0.5, 0.6) is 5.75 Å². The number of aryl methyl sites for hydroxylation is 1. The molecule has 0 saturated heterocycles. The van der Waals surface area contributed by atoms with Crippen LogP contribution in [0.15, 0.2) is 40.8 Å². The normalized spacial score (nSPS) is 24.3. The van der Waals surface area contributed by atoms with E-state index in [4.69, 9.17) is 13.9 Å². The van der Waals surface area contributed by atoms with Crippen LogP contribution in [0.4, 0.5) is 5.88 Å². The molecule has 4 N–H and O–H groups in total. The predicted molar refractivity (Wildman–Crippen MR) is 133 cm³/mol. The van der Waals surface area contributed by atoms with Gasteiger partial charge in [-0.25, -0.2) is 0 Å². The Morgan fingerprint density at radius 1 is 1.06 bits per heavy atom. The summed E-state index contributed by atoms with van der Waals surface area (Å²) in [6, 6.07) is 11.8. The molecule has 196 valence electrons. The average Bonchev–Trinajstić information content (AvgIpc) is 3.32. The van der Waals surface area contributed by atoms with Crippen molar-refractivity contribution in [2.24, 2.45) is 0 Å². The van der Waals surface area contributed by atoms with Gasteiger partial charge in [-0.05, 0) is 43.4 Å². The Morgan fingerprint density at radius 2 is 1.86 bits per heavy atom. The Labute approximate surface area is 207 Å². The molecular weight excluding hydrogens is 452 g/mol. The molecular formula is C26H40N2O7. The molecule has 0 bridgehead atoms. The van der Waals surface area contributed by atoms with Crippen molar-refractivity contribution in [1.29, 1.82) is 0 Å². The fourth-order valence-corrected chi connectivity index (χ4v) is 4.24. The number of nitrogens with zero attached hydrogens (tertiary/aromatic N) is 2. The zero-order valence-corrected chi connectivity index (χ0v) is 20.8. The van der Waals surface area contributed by atoms with Gasteiger partial charge >= 0.3 is 0 Å². The highest BCUT2D eigenvalue weighted by Crippen LogP contribution is 2.22. The number of benzene rings is 1. The maximum Gasteiger partial charge on any atom is 0.195 e. The lowest BCUT2D eigenvalue weighted by atomic mass is 10.0. The zero-order chi connectivity index (χ0) is 25.2. The molecule has 0 saturated carbocycles. The van der Waals surface area contributed by atoms with Crippen LogP contribution in [0.25, 0.3) is 0 Å². The minimum absolute atomic E-state index is 0.133. The number of rotatable bonds is 5. The molecule has 0 radical (unpaired) electrons. The minimum Gasteiger partial charge on any atom is -0.493 e. The largest absolute Gasteiger partial charge is 0.493 e. The summed E-state index contributed by atoms with van der Waals surface area (Å²) in [7, 11) is 3.80. The highest BCUT2D eigenvalue weighted by molar-refractivity contribution is 5.34. The van der Waals surface area contributed by atoms with E-state index < -0.39 is 31.0 Å². The number of hydrogen-bond donors (Lipinski definition) is 4. The maximum atomic E-state index is 10.8. The van der Waals surface area contributed by atoms with Crippen LogP contribution < -0.4 is 9.64 Å². The molecule has 0 unspecified atom stereocenters. The summed E-state index contributed by atoms with van der Waals surface area (Å²) in [5, 5.41) is 41.4. The second-order valence-electron chi connectivity index (χ2n) is 9.28. The van der Waals surface area contributed by atoms with Crippen LogP contribution in [-0.4, -0.2) is 96.7 Å². The van der Waals surface area contributed by atoms with Gasteiger partial charge < -0.3 is 39.2 Å². The second-order valence-corrected chi connectivity index (χ2v) is 9.28. The molecule has 4 atom stereocenters. The van der Waals surface area contributed by atoms with Gasteiger partial charge in [0.25, 0.3) is 0 Å². The van der Waals surface area contributed by atoms with Gasteiger partial charge in [-0.1, -0.05) is 18.2 Å². The van der Waals surface area contributed by atoms with Crippen LogP contribution in [0.2, 0.25) is 0 Å². The molecule has 0 spiro atoms. The molecule has 0 aliphatic carbocycles. The quantitative estimate of drug-likeness (QED) is 0.491. The summed E-state index contributed by atoms with van der Waals surface area (Å²) in [6.07, 6.45) is -1.89. The SMILES string of the molecule is CN(C)c1ccc(CN2CCCOc3ccccc3CCCCO[C@H]([C@H](O)CO)[C@H](O)[C@H](O)C2)o1. The van der Waals surface area contributed by atoms with E-state index >= 15 is 0 Å². The maximum absolute atomic E-state index is 10.8. The topological polar surface area (TPSA) is 119 Å². The number of aliphatic hydroxyl groups excluding tert-OH is 4. The first-order valence-corrected chi connectivity index (χ1v) is 12.3. The molecule has 9 nitrogen and oxygen atoms in total. The monoisotopic (exact) mass is 492 g/mol. The summed E-state index contributed by atoms with van der Waals surface area (Å²) in [6.45, 7) is 1.40. The van der Waals surface area contributed by atoms with Gasteiger partial charge in [0.05, 0.1) is 25.9 Å². The van der Waals surface area contributed by atoms with Gasteiger partial charge in [-0.15, -0.1) is 0 Å². The summed E-state index contributed by atoms with van der Waals surface area (Å²) in [4.78, 5) is 3.86. The van der Waals surface area contributed by atoms with Crippen molar-refractivity contribution in [1.82, 2.24) is 4.90 Å². The smallest absolute Gasteiger partial charge is 0.195 e. The van der Waals surface area contributed by atoms with Crippen LogP contribution in [0.1, 0.15) is 30.6 Å². The third-order valence-electron chi connectivity index (χ3n) is 6.21. The van der Waals surface area contributed by atoms with Crippen LogP contribution in [-0.2, 0) is 17.7 Å². The third-order valence-corrected chi connectivity index (χ3v) is 6.21. The van der Waals surface area contributed by atoms with Gasteiger partial charge in [0.1, 0.15) is 29.8 Å². The van der Waals surface area contributed by atoms with Crippen molar-refractivity contribution < 1.29 is 34.3 Å². The summed E-state index contributed by atoms with van der Waals surface area (Å²) >= 11 is 0. The summed E-state index contributed by atoms with van der Waals surface area (Å²) < 4.78 is 17.7. The van der Waals surface area contributed by atoms with E-state index in [-0.39, 0.29) is 13.2 Å². The van der Waals surface area contributed by atoms with Crippen molar-refractivity contribution in [2.45, 2.75) is 56.6 Å². The first-order valence-electron chi connectivity index (χ1n) is 12.3. The Morgan fingerprint density at radius 3 is 2.60 bits per heavy atom. The Hall–Kier alpha value is -2.14. The standard InChI is InChI=1S/C26H40N2O7/c1-27(2)24-12-11-20(35-24)16-28-13-7-15-33-23-10-4-3-8-19(23)9-5-6-14-34-26(22(31)18-29)25(32)21(30)17-28/h3-4,8,10-12,21-22,25-26,29-32H,5-7,9,13-18H2,1-2H3/t21-,22-,25-,26-/m1/s1. The van der Waals surface area contributed by atoms with Crippen LogP contribution in [0, 0.1) is 0 Å². The van der Waals surface area contributed by atoms with Crippen LogP contribution >= 0.6 is 0 Å². The van der Waals surface area contributed by atoms with E-state index in [0.29, 0.717) is 32.5 Å². The number of anilines is 1. The van der Waals surface area contributed by atoms with E-state index in [1.54, 1.807) is 0 Å². The van der Waals surface area contributed by atoms with Crippen molar-refractivity contribution in [3.63, 3.8) is 0 Å². The Bertz CT molecular complexity index is 875. The number of para-hydroxylation sites is 1. The molecule has 2 aromatic rings. The van der Waals surface area contributed by atoms with Crippen molar-refractivity contribution >= 4 is 5.88 Å². The van der Waals surface area contributed by atoms with Crippen LogP contribution in [0.3, 0.4) is 0 Å². The number of hydrogen-bond acceptors (Lipinski definition) is 9. The second kappa shape index (κ2) is 13.8. The number of ether oxygens (including phenoxy) is 2. The van der Waals surface area contributed by atoms with E-state index in [9.17, 15) is 20.4 Å². The lowest BCUT2D eigenvalue weighted by Gasteiger charge is -2.32. The van der Waals surface area contributed by atoms with E-state index in [1.807, 2.05) is 54.2 Å². The lowest BCUT2D eigenvalue weighted by molar-refractivity contribution is -0.146. The molecule has 3 rings (SSSR count). The predicted octanol–water partition coefficient (Wildman–Crippen LogP) is 1.41. The lowest BCUT2D eigenvalue weighted by Crippen LogP contribution is -2.51. The molecule has 9 heteroatoms. The van der Waals surface area contributed by atoms with E-state index in [0.717, 1.165) is 35.8 Å². The van der Waals surface area contributed by atoms with E-state index in [2.05, 4.69) is 6.07 Å². The first-order chi connectivity index (χ1) is 16.9. The van der Waals surface area contributed by atoms with E-state index in [1.165, 1.54) is 0 Å². The number of fused-ring (bicyclic) bond motifs is 1. The summed E-state index contributed by atoms with van der Waals surface area (Å²) in [5.74, 6) is 2.34. The van der Waals surface area contributed by atoms with Gasteiger partial charge in [0.2, 0.25) is 0 Å². The molecule has 0 amide bonds. The number of aliphatic hydroxyl groups is 4. The highest BCUT2D eigenvalue weighted by Gasteiger charge is 2.33. The molecule has 1 aromatic carbocycles. The molecule has 1 aliphatic rings. The zero-order valence-electron chi connectivity index (χ0n) is 20.8. The molecule has 0 fully saturated rings. The number of β-amino-alcohol motifs (C(OH)–C–C–N with tert-alkyl or cyclic N) is 1. The first kappa shape index (κ1) is 27.4. The fourth-order valence-electron chi connectivity index (χ4n) is 4.24. The Balaban J connectivity index is 1.76. The summed E-state index contributed by atoms with van der Waals surface area (Å²) in [5.41, 5.74) is 1.13. The fraction of sp³-hybridized carbons (Fsp3) is 0.615. The Kier molecular flexibility index (Phi) is 10.8. The highest BCUT2D eigenvalue weighted by atomic mass is 16.5. The third kappa shape index (κ3) is 8.20. The van der Waals surface area contributed by atoms with Gasteiger partial charge in [0, 0.05) is 39.9 Å². The average molecular weight is 493 g/mol. The van der Waals surface area contributed by atoms with Gasteiger partial charge in [-0.2, -0.15) is 0 Å². The molecule has 1 aromatic heterocycles. The van der Waals surface area contributed by atoms with Gasteiger partial charge in [0.15, 0.2) is 5.88 Å². The molecule has 1 aliphatic heterocycles. The van der Waals surface area contributed by atoms with Crippen molar-refractivity contribution in [2.75, 3.05) is 51.9 Å².